The van der Waals surface area contributed by atoms with Crippen LogP contribution in [0.3, 0.4) is 0 Å². The van der Waals surface area contributed by atoms with E-state index < -0.39 is 0 Å². The number of aromatic nitrogens is 2. The maximum atomic E-state index is 10.8. The van der Waals surface area contributed by atoms with Crippen LogP contribution in [0.25, 0.3) is 5.70 Å². The number of nitrogens with zero attached hydrogens (tertiary/aromatic N) is 2. The molecule has 0 aliphatic rings. The van der Waals surface area contributed by atoms with Crippen LogP contribution >= 0.6 is 23.2 Å². The SMILES string of the molecule is C=C/C=C\C(=C)n1ncc(C=O)c1CCC.CC.CC.CC.Cc1c(Cl)cccc1Cl. The molecule has 3 nitrogen and oxygen atoms in total. The summed E-state index contributed by atoms with van der Waals surface area (Å²) in [5.41, 5.74) is 3.23. The Kier molecular flexibility index (Phi) is 24.4. The molecule has 0 aliphatic carbocycles. The summed E-state index contributed by atoms with van der Waals surface area (Å²) in [5.74, 6) is 0. The van der Waals surface area contributed by atoms with Crippen molar-refractivity contribution in [3.05, 3.63) is 82.6 Å². The van der Waals surface area contributed by atoms with Gasteiger partial charge in [-0.3, -0.25) is 4.79 Å². The summed E-state index contributed by atoms with van der Waals surface area (Å²) in [7, 11) is 0. The highest BCUT2D eigenvalue weighted by Crippen LogP contribution is 2.22. The molecule has 0 aliphatic heterocycles. The second-order valence-corrected chi connectivity index (χ2v) is 6.07. The van der Waals surface area contributed by atoms with Gasteiger partial charge in [0.25, 0.3) is 0 Å². The summed E-state index contributed by atoms with van der Waals surface area (Å²) in [6, 6.07) is 5.48. The van der Waals surface area contributed by atoms with Crippen LogP contribution in [0, 0.1) is 6.92 Å². The summed E-state index contributed by atoms with van der Waals surface area (Å²) in [4.78, 5) is 10.8. The summed E-state index contributed by atoms with van der Waals surface area (Å²) >= 11 is 11.5. The Morgan fingerprint density at radius 1 is 1.10 bits per heavy atom. The van der Waals surface area contributed by atoms with Gasteiger partial charge in [-0.1, -0.05) is 109 Å². The molecule has 1 heterocycles. The fraction of sp³-hybridized carbons (Fsp3) is 0.385. The fourth-order valence-corrected chi connectivity index (χ4v) is 2.45. The quantitative estimate of drug-likeness (QED) is 0.313. The van der Waals surface area contributed by atoms with E-state index in [1.807, 2.05) is 72.7 Å². The zero-order valence-electron chi connectivity index (χ0n) is 20.5. The maximum Gasteiger partial charge on any atom is 0.153 e. The minimum atomic E-state index is 0.634. The van der Waals surface area contributed by atoms with Gasteiger partial charge in [-0.15, -0.1) is 0 Å². The Morgan fingerprint density at radius 3 is 2.00 bits per heavy atom. The molecule has 0 unspecified atom stereocenters. The molecular formula is C26H40Cl2N2O. The van der Waals surface area contributed by atoms with Crippen molar-refractivity contribution in [1.29, 1.82) is 0 Å². The van der Waals surface area contributed by atoms with E-state index in [0.29, 0.717) is 5.56 Å². The maximum absolute atomic E-state index is 10.8. The van der Waals surface area contributed by atoms with Crippen LogP contribution in [0.15, 0.2) is 55.8 Å². The molecule has 0 atom stereocenters. The first-order chi connectivity index (χ1) is 15.0. The largest absolute Gasteiger partial charge is 0.298 e. The van der Waals surface area contributed by atoms with Gasteiger partial charge in [-0.2, -0.15) is 5.10 Å². The Hall–Kier alpha value is -2.10. The predicted octanol–water partition coefficient (Wildman–Crippen LogP) is 9.24. The second-order valence-electron chi connectivity index (χ2n) is 5.26. The lowest BCUT2D eigenvalue weighted by Crippen LogP contribution is -2.03. The number of hydrogen-bond donors (Lipinski definition) is 0. The van der Waals surface area contributed by atoms with Crippen molar-refractivity contribution in [2.45, 2.75) is 68.2 Å². The van der Waals surface area contributed by atoms with Crippen LogP contribution in [0.1, 0.15) is 76.5 Å². The molecule has 0 spiro atoms. The van der Waals surface area contributed by atoms with Crippen molar-refractivity contribution in [3.8, 4) is 0 Å². The van der Waals surface area contributed by atoms with Gasteiger partial charge in [0, 0.05) is 10.0 Å². The van der Waals surface area contributed by atoms with Gasteiger partial charge in [-0.05, 0) is 37.1 Å². The molecular weight excluding hydrogens is 427 g/mol. The number of carbonyl (C=O) groups excluding carboxylic acids is 1. The molecule has 0 fully saturated rings. The van der Waals surface area contributed by atoms with E-state index >= 15 is 0 Å². The summed E-state index contributed by atoms with van der Waals surface area (Å²) < 4.78 is 1.70. The van der Waals surface area contributed by atoms with Crippen molar-refractivity contribution < 1.29 is 4.79 Å². The zero-order chi connectivity index (χ0) is 24.8. The second kappa shape index (κ2) is 22.6. The van der Waals surface area contributed by atoms with Crippen LogP contribution < -0.4 is 0 Å². The molecule has 0 bridgehead atoms. The highest BCUT2D eigenvalue weighted by molar-refractivity contribution is 6.35. The van der Waals surface area contributed by atoms with Crippen molar-refractivity contribution in [1.82, 2.24) is 9.78 Å². The first-order valence-corrected chi connectivity index (χ1v) is 11.6. The molecule has 1 aromatic heterocycles. The first-order valence-electron chi connectivity index (χ1n) is 10.9. The Bertz CT molecular complexity index is 757. The fourth-order valence-electron chi connectivity index (χ4n) is 2.05. The molecule has 0 radical (unpaired) electrons. The van der Waals surface area contributed by atoms with E-state index in [1.54, 1.807) is 23.0 Å². The predicted molar refractivity (Wildman–Crippen MR) is 142 cm³/mol. The van der Waals surface area contributed by atoms with Crippen LogP contribution in [0.2, 0.25) is 10.0 Å². The zero-order valence-corrected chi connectivity index (χ0v) is 22.0. The van der Waals surface area contributed by atoms with E-state index in [9.17, 15) is 4.79 Å². The van der Waals surface area contributed by atoms with Gasteiger partial charge < -0.3 is 0 Å². The number of carbonyl (C=O) groups is 1. The minimum absolute atomic E-state index is 0.634. The third-order valence-electron chi connectivity index (χ3n) is 3.41. The normalized spacial score (nSPS) is 8.84. The number of hydrogen-bond acceptors (Lipinski definition) is 2. The summed E-state index contributed by atoms with van der Waals surface area (Å²) in [6.07, 6.45) is 9.47. The van der Waals surface area contributed by atoms with Crippen molar-refractivity contribution >= 4 is 35.2 Å². The molecule has 2 aromatic rings. The average molecular weight is 468 g/mol. The summed E-state index contributed by atoms with van der Waals surface area (Å²) in [5, 5.41) is 5.61. The Morgan fingerprint density at radius 2 is 1.61 bits per heavy atom. The lowest BCUT2D eigenvalue weighted by atomic mass is 10.2. The number of allylic oxidation sites excluding steroid dienone is 4. The minimum Gasteiger partial charge on any atom is -0.298 e. The highest BCUT2D eigenvalue weighted by atomic mass is 35.5. The van der Waals surface area contributed by atoms with Crippen LogP contribution in [0.5, 0.6) is 0 Å². The topological polar surface area (TPSA) is 34.9 Å². The van der Waals surface area contributed by atoms with E-state index in [4.69, 9.17) is 23.2 Å². The smallest absolute Gasteiger partial charge is 0.153 e. The van der Waals surface area contributed by atoms with E-state index in [1.165, 1.54) is 0 Å². The molecule has 174 valence electrons. The van der Waals surface area contributed by atoms with E-state index in [0.717, 1.165) is 46.1 Å². The molecule has 0 amide bonds. The molecule has 0 saturated carbocycles. The van der Waals surface area contributed by atoms with Crippen molar-refractivity contribution in [2.75, 3.05) is 0 Å². The molecule has 2 rings (SSSR count). The number of benzene rings is 1. The molecule has 0 N–H and O–H groups in total. The van der Waals surface area contributed by atoms with Gasteiger partial charge in [0.2, 0.25) is 0 Å². The molecule has 5 heteroatoms. The highest BCUT2D eigenvalue weighted by Gasteiger charge is 2.09. The van der Waals surface area contributed by atoms with Crippen molar-refractivity contribution in [3.63, 3.8) is 0 Å². The van der Waals surface area contributed by atoms with Gasteiger partial charge >= 0.3 is 0 Å². The number of rotatable bonds is 6. The van der Waals surface area contributed by atoms with Crippen LogP contribution in [0.4, 0.5) is 0 Å². The van der Waals surface area contributed by atoms with E-state index in [2.05, 4.69) is 25.2 Å². The summed E-state index contributed by atoms with van der Waals surface area (Å²) in [6.45, 7) is 23.5. The molecule has 1 aromatic carbocycles. The molecule has 31 heavy (non-hydrogen) atoms. The van der Waals surface area contributed by atoms with Gasteiger partial charge in [-0.25, -0.2) is 4.68 Å². The van der Waals surface area contributed by atoms with Gasteiger partial charge in [0.1, 0.15) is 0 Å². The van der Waals surface area contributed by atoms with Crippen LogP contribution in [-0.2, 0) is 6.42 Å². The van der Waals surface area contributed by atoms with Gasteiger partial charge in [0.15, 0.2) is 6.29 Å². The van der Waals surface area contributed by atoms with Crippen LogP contribution in [-0.4, -0.2) is 16.1 Å². The third kappa shape index (κ3) is 13.0. The third-order valence-corrected chi connectivity index (χ3v) is 4.23. The lowest BCUT2D eigenvalue weighted by molar-refractivity contribution is 0.112. The lowest BCUT2D eigenvalue weighted by Gasteiger charge is -2.06. The average Bonchev–Trinajstić information content (AvgIpc) is 3.23. The van der Waals surface area contributed by atoms with E-state index in [-0.39, 0.29) is 0 Å². The monoisotopic (exact) mass is 466 g/mol. The standard InChI is InChI=1S/C13H16N2O.C7H6Cl2.3C2H6/c1-4-6-8-11(3)15-13(7-5-2)12(10-16)9-14-15;1-5-6(8)3-2-4-7(5)9;3*1-2/h4,6,8-10H,1,3,5,7H2,2H3;2-4H,1H3;3*1-2H3/b8-6-;;;;. The first kappa shape index (κ1) is 33.5. The van der Waals surface area contributed by atoms with Crippen molar-refractivity contribution in [2.24, 2.45) is 0 Å². The number of halogens is 2. The number of aldehydes is 1. The Labute approximate surface area is 200 Å². The van der Waals surface area contributed by atoms with Gasteiger partial charge in [0.05, 0.1) is 23.2 Å². The Balaban J connectivity index is -0.000000442. The molecule has 0 saturated heterocycles.